The van der Waals surface area contributed by atoms with Crippen molar-refractivity contribution in [1.29, 1.82) is 0 Å². The van der Waals surface area contributed by atoms with E-state index in [1.807, 2.05) is 14.1 Å². The number of hydrogen-bond acceptors (Lipinski definition) is 5. The first-order valence-electron chi connectivity index (χ1n) is 10.4. The van der Waals surface area contributed by atoms with Crippen molar-refractivity contribution in [3.05, 3.63) is 17.0 Å². The Balaban J connectivity index is 1.76. The highest BCUT2D eigenvalue weighted by molar-refractivity contribution is 5.81. The summed E-state index contributed by atoms with van der Waals surface area (Å²) in [7, 11) is 5.44. The number of likely N-dealkylation sites (tertiary alicyclic amines) is 1. The minimum Gasteiger partial charge on any atom is -0.361 e. The number of likely N-dealkylation sites (N-methyl/N-ethyl adjacent to an activating group) is 1. The number of carbonyl (C=O) groups excluding carboxylic acids is 1. The first-order valence-corrected chi connectivity index (χ1v) is 10.4. The van der Waals surface area contributed by atoms with Crippen LogP contribution in [0.2, 0.25) is 0 Å². The fourth-order valence-electron chi connectivity index (χ4n) is 3.69. The summed E-state index contributed by atoms with van der Waals surface area (Å²) in [5.74, 6) is 1.92. The van der Waals surface area contributed by atoms with E-state index in [1.54, 1.807) is 11.9 Å². The Hall–Kier alpha value is -2.09. The van der Waals surface area contributed by atoms with Crippen molar-refractivity contribution in [2.24, 2.45) is 4.99 Å². The van der Waals surface area contributed by atoms with Crippen molar-refractivity contribution >= 4 is 11.9 Å². The van der Waals surface area contributed by atoms with Crippen molar-refractivity contribution in [3.63, 3.8) is 0 Å². The van der Waals surface area contributed by atoms with Gasteiger partial charge in [0.2, 0.25) is 5.91 Å². The summed E-state index contributed by atoms with van der Waals surface area (Å²) in [6.07, 6.45) is 4.71. The number of nitrogens with zero attached hydrogens (tertiary/aromatic N) is 4. The molecule has 1 aliphatic rings. The molecular weight excluding hydrogens is 356 g/mol. The largest absolute Gasteiger partial charge is 0.361 e. The number of aliphatic imine (C=N–C) groups is 1. The molecule has 1 amide bonds. The molecule has 1 aliphatic heterocycles. The molecule has 2 rings (SSSR count). The molecule has 2 N–H and O–H groups in total. The van der Waals surface area contributed by atoms with E-state index in [1.165, 1.54) is 0 Å². The molecule has 0 radical (unpaired) electrons. The Morgan fingerprint density at radius 2 is 2.11 bits per heavy atom. The van der Waals surface area contributed by atoms with E-state index in [0.717, 1.165) is 74.7 Å². The average molecular weight is 393 g/mol. The third kappa shape index (κ3) is 5.70. The van der Waals surface area contributed by atoms with E-state index in [-0.39, 0.29) is 11.9 Å². The van der Waals surface area contributed by atoms with Crippen LogP contribution < -0.4 is 10.6 Å². The van der Waals surface area contributed by atoms with Crippen molar-refractivity contribution in [3.8, 4) is 0 Å². The molecule has 158 valence electrons. The van der Waals surface area contributed by atoms with Gasteiger partial charge in [-0.05, 0) is 32.2 Å². The zero-order chi connectivity index (χ0) is 20.5. The second kappa shape index (κ2) is 11.0. The van der Waals surface area contributed by atoms with Gasteiger partial charge in [-0.15, -0.1) is 0 Å². The second-order valence-electron chi connectivity index (χ2n) is 7.37. The number of aromatic nitrogens is 1. The Kier molecular flexibility index (Phi) is 8.76. The predicted octanol–water partition coefficient (Wildman–Crippen LogP) is 1.41. The Morgan fingerprint density at radius 1 is 1.32 bits per heavy atom. The molecule has 1 saturated heterocycles. The first-order chi connectivity index (χ1) is 13.5. The molecule has 8 heteroatoms. The van der Waals surface area contributed by atoms with E-state index in [9.17, 15) is 4.79 Å². The van der Waals surface area contributed by atoms with Crippen LogP contribution in [-0.2, 0) is 24.2 Å². The molecular formula is C20H36N6O2. The second-order valence-corrected chi connectivity index (χ2v) is 7.37. The minimum absolute atomic E-state index is 0.0426. The Bertz CT molecular complexity index is 634. The van der Waals surface area contributed by atoms with E-state index in [2.05, 4.69) is 39.5 Å². The lowest BCUT2D eigenvalue weighted by Gasteiger charge is -2.26. The van der Waals surface area contributed by atoms with Gasteiger partial charge in [0.05, 0.1) is 11.7 Å². The molecule has 0 spiro atoms. The molecule has 0 aliphatic carbocycles. The van der Waals surface area contributed by atoms with Crippen LogP contribution in [0.15, 0.2) is 9.52 Å². The molecule has 8 nitrogen and oxygen atoms in total. The Labute approximate surface area is 168 Å². The fraction of sp³-hybridized carbons (Fsp3) is 0.750. The predicted molar refractivity (Wildman–Crippen MR) is 111 cm³/mol. The van der Waals surface area contributed by atoms with Gasteiger partial charge >= 0.3 is 0 Å². The van der Waals surface area contributed by atoms with Gasteiger partial charge in [0.1, 0.15) is 5.76 Å². The van der Waals surface area contributed by atoms with Gasteiger partial charge in [-0.1, -0.05) is 19.0 Å². The van der Waals surface area contributed by atoms with Crippen LogP contribution >= 0.6 is 0 Å². The van der Waals surface area contributed by atoms with Crippen molar-refractivity contribution < 1.29 is 9.32 Å². The topological polar surface area (TPSA) is 86.0 Å². The zero-order valence-electron chi connectivity index (χ0n) is 18.0. The molecule has 1 unspecified atom stereocenters. The van der Waals surface area contributed by atoms with Crippen LogP contribution in [0, 0.1) is 0 Å². The lowest BCUT2D eigenvalue weighted by Crippen LogP contribution is -2.44. The first kappa shape index (κ1) is 22.2. The summed E-state index contributed by atoms with van der Waals surface area (Å²) < 4.78 is 5.42. The van der Waals surface area contributed by atoms with Crippen LogP contribution in [0.1, 0.15) is 50.1 Å². The maximum absolute atomic E-state index is 12.3. The van der Waals surface area contributed by atoms with E-state index < -0.39 is 0 Å². The summed E-state index contributed by atoms with van der Waals surface area (Å²) in [5.41, 5.74) is 2.14. The molecule has 0 aromatic carbocycles. The lowest BCUT2D eigenvalue weighted by molar-refractivity contribution is -0.133. The van der Waals surface area contributed by atoms with Gasteiger partial charge < -0.3 is 20.1 Å². The SMILES string of the molecule is CCc1noc(CC)c1CNC(=NC)NCCCN1CCCC1C(=O)N(C)C. The van der Waals surface area contributed by atoms with Crippen LogP contribution in [0.25, 0.3) is 0 Å². The van der Waals surface area contributed by atoms with Crippen molar-refractivity contribution in [2.75, 3.05) is 40.8 Å². The van der Waals surface area contributed by atoms with Crippen molar-refractivity contribution in [1.82, 2.24) is 25.6 Å². The minimum atomic E-state index is 0.0426. The van der Waals surface area contributed by atoms with Crippen LogP contribution in [0.4, 0.5) is 0 Å². The molecule has 0 bridgehead atoms. The molecule has 1 atom stereocenters. The third-order valence-electron chi connectivity index (χ3n) is 5.27. The molecule has 0 saturated carbocycles. The number of guanidine groups is 1. The maximum Gasteiger partial charge on any atom is 0.239 e. The highest BCUT2D eigenvalue weighted by Gasteiger charge is 2.30. The molecule has 1 aromatic rings. The fourth-order valence-corrected chi connectivity index (χ4v) is 3.69. The maximum atomic E-state index is 12.3. The van der Waals surface area contributed by atoms with Gasteiger partial charge in [0.25, 0.3) is 0 Å². The van der Waals surface area contributed by atoms with Gasteiger partial charge in [-0.3, -0.25) is 14.7 Å². The van der Waals surface area contributed by atoms with Crippen LogP contribution in [0.3, 0.4) is 0 Å². The summed E-state index contributed by atoms with van der Waals surface area (Å²) in [6, 6.07) is 0.0426. The number of aryl methyl sites for hydroxylation is 2. The van der Waals surface area contributed by atoms with Gasteiger partial charge in [-0.25, -0.2) is 0 Å². The van der Waals surface area contributed by atoms with Crippen LogP contribution in [0.5, 0.6) is 0 Å². The molecule has 28 heavy (non-hydrogen) atoms. The number of carbonyl (C=O) groups is 1. The highest BCUT2D eigenvalue weighted by atomic mass is 16.5. The zero-order valence-corrected chi connectivity index (χ0v) is 18.0. The number of rotatable bonds is 9. The molecule has 1 fully saturated rings. The van der Waals surface area contributed by atoms with Gasteiger partial charge in [0.15, 0.2) is 5.96 Å². The number of nitrogens with one attached hydrogen (secondary N) is 2. The lowest BCUT2D eigenvalue weighted by atomic mass is 10.1. The van der Waals surface area contributed by atoms with E-state index >= 15 is 0 Å². The summed E-state index contributed by atoms with van der Waals surface area (Å²) in [6.45, 7) is 7.54. The van der Waals surface area contributed by atoms with Gasteiger partial charge in [-0.2, -0.15) is 0 Å². The van der Waals surface area contributed by atoms with Crippen molar-refractivity contribution in [2.45, 2.75) is 58.5 Å². The Morgan fingerprint density at radius 3 is 2.75 bits per heavy atom. The smallest absolute Gasteiger partial charge is 0.239 e. The van der Waals surface area contributed by atoms with E-state index in [0.29, 0.717) is 6.54 Å². The number of amides is 1. The quantitative estimate of drug-likeness (QED) is 0.375. The summed E-state index contributed by atoms with van der Waals surface area (Å²) >= 11 is 0. The van der Waals surface area contributed by atoms with Crippen LogP contribution in [-0.4, -0.2) is 73.6 Å². The summed E-state index contributed by atoms with van der Waals surface area (Å²) in [5, 5.41) is 10.9. The monoisotopic (exact) mass is 392 g/mol. The summed E-state index contributed by atoms with van der Waals surface area (Å²) in [4.78, 5) is 20.6. The molecule has 1 aromatic heterocycles. The number of hydrogen-bond donors (Lipinski definition) is 2. The third-order valence-corrected chi connectivity index (χ3v) is 5.27. The van der Waals surface area contributed by atoms with E-state index in [4.69, 9.17) is 4.52 Å². The highest BCUT2D eigenvalue weighted by Crippen LogP contribution is 2.18. The normalized spacial score (nSPS) is 17.8. The van der Waals surface area contributed by atoms with Gasteiger partial charge in [0, 0.05) is 52.8 Å². The standard InChI is InChI=1S/C20H36N6O2/c1-6-16-15(18(7-2)28-24-16)14-23-20(21-3)22-11-9-13-26-12-8-10-17(26)19(27)25(4)5/h17H,6-14H2,1-5H3,(H2,21,22,23). The molecule has 2 heterocycles. The average Bonchev–Trinajstić information content (AvgIpc) is 3.32.